The summed E-state index contributed by atoms with van der Waals surface area (Å²) in [5.74, 6) is 5.36. The number of nitrogens with zero attached hydrogens (tertiary/aromatic N) is 3. The van der Waals surface area contributed by atoms with Crippen LogP contribution in [0.4, 0.5) is 11.4 Å². The van der Waals surface area contributed by atoms with Crippen LogP contribution in [0.5, 0.6) is 0 Å². The molecule has 0 aliphatic heterocycles. The largest absolute Gasteiger partial charge is 0.324 e. The lowest BCUT2D eigenvalue weighted by Crippen LogP contribution is -2.20. The zero-order valence-electron chi connectivity index (χ0n) is 10.1. The number of nitrogens with two attached hydrogens (primary N) is 1. The molecule has 0 saturated heterocycles. The summed E-state index contributed by atoms with van der Waals surface area (Å²) in [6, 6.07) is 6.51. The van der Waals surface area contributed by atoms with E-state index in [0.29, 0.717) is 25.2 Å². The molecule has 7 nitrogen and oxygen atoms in total. The van der Waals surface area contributed by atoms with Crippen molar-refractivity contribution >= 4 is 11.4 Å². The van der Waals surface area contributed by atoms with Crippen molar-refractivity contribution in [3.63, 3.8) is 0 Å². The highest BCUT2D eigenvalue weighted by molar-refractivity contribution is 5.55. The van der Waals surface area contributed by atoms with Gasteiger partial charge in [-0.15, -0.1) is 0 Å². The van der Waals surface area contributed by atoms with E-state index in [1.54, 1.807) is 6.07 Å². The Bertz CT molecular complexity index is 469. The van der Waals surface area contributed by atoms with Gasteiger partial charge in [-0.3, -0.25) is 16.0 Å². The van der Waals surface area contributed by atoms with Crippen molar-refractivity contribution in [2.24, 2.45) is 5.84 Å². The van der Waals surface area contributed by atoms with E-state index in [-0.39, 0.29) is 5.69 Å². The van der Waals surface area contributed by atoms with E-state index in [1.165, 1.54) is 12.1 Å². The van der Waals surface area contributed by atoms with Gasteiger partial charge in [-0.25, -0.2) is 0 Å². The summed E-state index contributed by atoms with van der Waals surface area (Å²) in [6.07, 6.45) is 0.414. The third-order valence-electron chi connectivity index (χ3n) is 2.50. The second kappa shape index (κ2) is 6.54. The second-order valence-corrected chi connectivity index (χ2v) is 3.89. The second-order valence-electron chi connectivity index (χ2n) is 3.89. The lowest BCUT2D eigenvalue weighted by atomic mass is 10.1. The van der Waals surface area contributed by atoms with E-state index in [2.05, 4.69) is 11.5 Å². The Balaban J connectivity index is 2.88. The molecular formula is C11H15N5O2. The number of non-ortho nitro benzene ring substituents is 1. The lowest BCUT2D eigenvalue weighted by Gasteiger charge is -2.17. The predicted octanol–water partition coefficient (Wildman–Crippen LogP) is 1.23. The molecule has 0 bridgehead atoms. The Hall–Kier alpha value is -2.17. The van der Waals surface area contributed by atoms with Crippen LogP contribution in [-0.2, 0) is 6.54 Å². The predicted molar refractivity (Wildman–Crippen MR) is 67.5 cm³/mol. The molecule has 7 heteroatoms. The highest BCUT2D eigenvalue weighted by Crippen LogP contribution is 2.22. The van der Waals surface area contributed by atoms with Gasteiger partial charge in [-0.2, -0.15) is 5.26 Å². The van der Waals surface area contributed by atoms with E-state index in [0.717, 1.165) is 5.56 Å². The summed E-state index contributed by atoms with van der Waals surface area (Å²) in [6.45, 7) is 1.09. The van der Waals surface area contributed by atoms with Gasteiger partial charge in [0.1, 0.15) is 0 Å². The molecule has 18 heavy (non-hydrogen) atoms. The normalized spacial score (nSPS) is 10.1. The lowest BCUT2D eigenvalue weighted by molar-refractivity contribution is -0.384. The number of nitriles is 1. The Morgan fingerprint density at radius 3 is 2.89 bits per heavy atom. The Morgan fingerprint density at radius 2 is 2.33 bits per heavy atom. The minimum atomic E-state index is -0.445. The number of nitrogens with one attached hydrogen (secondary N) is 1. The van der Waals surface area contributed by atoms with Crippen LogP contribution in [0.3, 0.4) is 0 Å². The van der Waals surface area contributed by atoms with E-state index < -0.39 is 4.92 Å². The van der Waals surface area contributed by atoms with Gasteiger partial charge in [0.15, 0.2) is 0 Å². The molecule has 0 unspecified atom stereocenters. The zero-order valence-corrected chi connectivity index (χ0v) is 10.1. The minimum Gasteiger partial charge on any atom is -0.324 e. The maximum atomic E-state index is 10.7. The summed E-state index contributed by atoms with van der Waals surface area (Å²) in [5.41, 5.74) is 3.91. The molecule has 0 amide bonds. The maximum absolute atomic E-state index is 10.7. The van der Waals surface area contributed by atoms with Gasteiger partial charge in [0.25, 0.3) is 5.69 Å². The highest BCUT2D eigenvalue weighted by Gasteiger charge is 2.11. The first-order valence-corrected chi connectivity index (χ1v) is 5.38. The molecule has 0 heterocycles. The minimum absolute atomic E-state index is 0.0256. The Labute approximate surface area is 105 Å². The van der Waals surface area contributed by atoms with Gasteiger partial charge in [-0.1, -0.05) is 0 Å². The summed E-state index contributed by atoms with van der Waals surface area (Å²) < 4.78 is 0. The number of rotatable bonds is 6. The number of benzene rings is 1. The molecule has 0 atom stereocenters. The topological polar surface area (TPSA) is 108 Å². The van der Waals surface area contributed by atoms with Crippen LogP contribution in [-0.4, -0.2) is 23.4 Å². The summed E-state index contributed by atoms with van der Waals surface area (Å²) >= 11 is 0. The number of hydrazine groups is 1. The molecule has 1 aromatic rings. The number of anilines is 1. The third kappa shape index (κ3) is 3.69. The third-order valence-corrected chi connectivity index (χ3v) is 2.50. The van der Waals surface area contributed by atoms with E-state index in [1.807, 2.05) is 11.9 Å². The van der Waals surface area contributed by atoms with E-state index in [9.17, 15) is 10.1 Å². The van der Waals surface area contributed by atoms with Crippen molar-refractivity contribution < 1.29 is 4.92 Å². The number of nitrogen functional groups attached to an aromatic ring is 1. The Morgan fingerprint density at radius 1 is 1.61 bits per heavy atom. The number of nitro benzene ring substituents is 1. The monoisotopic (exact) mass is 249 g/mol. The van der Waals surface area contributed by atoms with Gasteiger partial charge < -0.3 is 10.3 Å². The molecule has 1 rings (SSSR count). The first-order valence-electron chi connectivity index (χ1n) is 5.38. The standard InChI is InChI=1S/C11H15N5O2/c1-15(6-2-5-12)8-9-7-10(16(17)18)3-4-11(9)14-13/h3-4,7,14H,2,6,8,13H2,1H3. The van der Waals surface area contributed by atoms with Crippen LogP contribution in [0.25, 0.3) is 0 Å². The smallest absolute Gasteiger partial charge is 0.269 e. The van der Waals surface area contributed by atoms with Crippen molar-refractivity contribution in [2.75, 3.05) is 19.0 Å². The first kappa shape index (κ1) is 13.9. The van der Waals surface area contributed by atoms with Crippen molar-refractivity contribution in [1.29, 1.82) is 5.26 Å². The van der Waals surface area contributed by atoms with Gasteiger partial charge in [0.2, 0.25) is 0 Å². The molecule has 3 N–H and O–H groups in total. The van der Waals surface area contributed by atoms with Crippen LogP contribution in [0.15, 0.2) is 18.2 Å². The average Bonchev–Trinajstić information content (AvgIpc) is 2.36. The molecule has 0 saturated carbocycles. The molecule has 0 aliphatic carbocycles. The fraction of sp³-hybridized carbons (Fsp3) is 0.364. The van der Waals surface area contributed by atoms with Crippen LogP contribution < -0.4 is 11.3 Å². The van der Waals surface area contributed by atoms with Gasteiger partial charge in [0.05, 0.1) is 16.7 Å². The van der Waals surface area contributed by atoms with Crippen LogP contribution in [0.1, 0.15) is 12.0 Å². The average molecular weight is 249 g/mol. The Kier molecular flexibility index (Phi) is 5.05. The zero-order chi connectivity index (χ0) is 13.5. The highest BCUT2D eigenvalue weighted by atomic mass is 16.6. The molecular weight excluding hydrogens is 234 g/mol. The molecule has 0 aliphatic rings. The molecule has 0 aromatic heterocycles. The number of nitro groups is 1. The van der Waals surface area contributed by atoms with Gasteiger partial charge in [0, 0.05) is 31.6 Å². The SMILES string of the molecule is CN(CCC#N)Cc1cc([N+](=O)[O-])ccc1NN. The van der Waals surface area contributed by atoms with E-state index in [4.69, 9.17) is 11.1 Å². The van der Waals surface area contributed by atoms with E-state index >= 15 is 0 Å². The van der Waals surface area contributed by atoms with Crippen molar-refractivity contribution in [3.8, 4) is 6.07 Å². The van der Waals surface area contributed by atoms with Crippen molar-refractivity contribution in [1.82, 2.24) is 4.90 Å². The van der Waals surface area contributed by atoms with Gasteiger partial charge in [-0.05, 0) is 18.7 Å². The molecule has 0 spiro atoms. The number of hydrogen-bond donors (Lipinski definition) is 2. The van der Waals surface area contributed by atoms with Crippen LogP contribution in [0, 0.1) is 21.4 Å². The fourth-order valence-electron chi connectivity index (χ4n) is 1.58. The number of hydrogen-bond acceptors (Lipinski definition) is 6. The van der Waals surface area contributed by atoms with Crippen molar-refractivity contribution in [3.05, 3.63) is 33.9 Å². The molecule has 96 valence electrons. The molecule has 1 aromatic carbocycles. The van der Waals surface area contributed by atoms with Crippen molar-refractivity contribution in [2.45, 2.75) is 13.0 Å². The van der Waals surface area contributed by atoms with Gasteiger partial charge >= 0.3 is 0 Å². The summed E-state index contributed by atoms with van der Waals surface area (Å²) in [4.78, 5) is 12.2. The van der Waals surface area contributed by atoms with Crippen LogP contribution >= 0.6 is 0 Å². The fourth-order valence-corrected chi connectivity index (χ4v) is 1.58. The maximum Gasteiger partial charge on any atom is 0.269 e. The summed E-state index contributed by atoms with van der Waals surface area (Å²) in [7, 11) is 1.84. The summed E-state index contributed by atoms with van der Waals surface area (Å²) in [5, 5.41) is 19.2. The quantitative estimate of drug-likeness (QED) is 0.446. The van der Waals surface area contributed by atoms with Crippen LogP contribution in [0.2, 0.25) is 0 Å². The molecule has 0 radical (unpaired) electrons. The molecule has 0 fully saturated rings. The first-order chi connectivity index (χ1) is 8.58.